The second kappa shape index (κ2) is 19.9. The summed E-state index contributed by atoms with van der Waals surface area (Å²) in [5.74, 6) is 0. The maximum absolute atomic E-state index is 5.78. The minimum Gasteiger partial charge on any atom is -0.329 e. The highest BCUT2D eigenvalue weighted by molar-refractivity contribution is 4.99. The standard InChI is InChI=1S/C22H40N2/c1-2-3-4-5-6-7-8-9-10-11-12-13-14-15-16-17-18-19-20-22(24)21-23/h6-7,9-10,12-13,15-16,22H,2-5,8,11,14,17-21,23-24H2,1H3/b7-6-,10-9-,13-12-,16-15-. The molecule has 0 spiro atoms. The Balaban J connectivity index is 3.39. The summed E-state index contributed by atoms with van der Waals surface area (Å²) in [7, 11) is 0. The second-order valence-electron chi connectivity index (χ2n) is 6.37. The van der Waals surface area contributed by atoms with Crippen molar-refractivity contribution in [1.82, 2.24) is 0 Å². The van der Waals surface area contributed by atoms with Gasteiger partial charge in [-0.15, -0.1) is 0 Å². The first kappa shape index (κ1) is 22.9. The van der Waals surface area contributed by atoms with Gasteiger partial charge in [0.1, 0.15) is 0 Å². The fourth-order valence-electron chi connectivity index (χ4n) is 2.35. The van der Waals surface area contributed by atoms with Crippen molar-refractivity contribution in [2.75, 3.05) is 6.54 Å². The van der Waals surface area contributed by atoms with Crippen molar-refractivity contribution in [1.29, 1.82) is 0 Å². The number of unbranched alkanes of at least 4 members (excludes halogenated alkanes) is 5. The summed E-state index contributed by atoms with van der Waals surface area (Å²) in [6.07, 6.45) is 31.0. The van der Waals surface area contributed by atoms with E-state index in [1.165, 1.54) is 38.5 Å². The molecule has 138 valence electrons. The molecular formula is C22H40N2. The van der Waals surface area contributed by atoms with Crippen LogP contribution in [0.5, 0.6) is 0 Å². The molecule has 2 nitrogen and oxygen atoms in total. The highest BCUT2D eigenvalue weighted by atomic mass is 14.7. The summed E-state index contributed by atoms with van der Waals surface area (Å²) < 4.78 is 0. The molecule has 1 unspecified atom stereocenters. The minimum absolute atomic E-state index is 0.182. The molecule has 0 aliphatic rings. The fraction of sp³-hybridized carbons (Fsp3) is 0.636. The summed E-state index contributed by atoms with van der Waals surface area (Å²) in [5.41, 5.74) is 11.3. The third kappa shape index (κ3) is 18.9. The first-order valence-corrected chi connectivity index (χ1v) is 9.86. The summed E-state index contributed by atoms with van der Waals surface area (Å²) in [4.78, 5) is 0. The molecular weight excluding hydrogens is 292 g/mol. The van der Waals surface area contributed by atoms with E-state index in [1.807, 2.05) is 0 Å². The molecule has 0 aliphatic heterocycles. The van der Waals surface area contributed by atoms with Crippen molar-refractivity contribution in [2.45, 2.75) is 83.6 Å². The van der Waals surface area contributed by atoms with E-state index >= 15 is 0 Å². The first-order valence-electron chi connectivity index (χ1n) is 9.86. The highest BCUT2D eigenvalue weighted by Crippen LogP contribution is 2.03. The molecule has 0 rings (SSSR count). The Morgan fingerprint density at radius 2 is 1.12 bits per heavy atom. The van der Waals surface area contributed by atoms with Gasteiger partial charge in [-0.3, -0.25) is 0 Å². The van der Waals surface area contributed by atoms with E-state index in [1.54, 1.807) is 0 Å². The van der Waals surface area contributed by atoms with Crippen LogP contribution in [-0.2, 0) is 0 Å². The van der Waals surface area contributed by atoms with Gasteiger partial charge in [-0.25, -0.2) is 0 Å². The van der Waals surface area contributed by atoms with Crippen LogP contribution in [0.1, 0.15) is 77.6 Å². The van der Waals surface area contributed by atoms with Gasteiger partial charge in [-0.2, -0.15) is 0 Å². The van der Waals surface area contributed by atoms with Crippen molar-refractivity contribution >= 4 is 0 Å². The summed E-state index contributed by atoms with van der Waals surface area (Å²) in [6.45, 7) is 2.85. The Morgan fingerprint density at radius 1 is 0.667 bits per heavy atom. The van der Waals surface area contributed by atoms with Crippen LogP contribution in [0.3, 0.4) is 0 Å². The van der Waals surface area contributed by atoms with Crippen molar-refractivity contribution < 1.29 is 0 Å². The van der Waals surface area contributed by atoms with Crippen molar-refractivity contribution in [2.24, 2.45) is 11.5 Å². The van der Waals surface area contributed by atoms with Crippen molar-refractivity contribution in [3.05, 3.63) is 48.6 Å². The van der Waals surface area contributed by atoms with Crippen molar-refractivity contribution in [3.8, 4) is 0 Å². The molecule has 0 aromatic carbocycles. The monoisotopic (exact) mass is 332 g/mol. The number of allylic oxidation sites excluding steroid dienone is 8. The molecule has 0 radical (unpaired) electrons. The third-order valence-electron chi connectivity index (χ3n) is 3.96. The summed E-state index contributed by atoms with van der Waals surface area (Å²) in [5, 5.41) is 0. The summed E-state index contributed by atoms with van der Waals surface area (Å²) >= 11 is 0. The van der Waals surface area contributed by atoms with Gasteiger partial charge in [0.25, 0.3) is 0 Å². The Kier molecular flexibility index (Phi) is 19.0. The van der Waals surface area contributed by atoms with Gasteiger partial charge in [0.15, 0.2) is 0 Å². The molecule has 0 saturated carbocycles. The third-order valence-corrected chi connectivity index (χ3v) is 3.96. The van der Waals surface area contributed by atoms with Crippen LogP contribution in [-0.4, -0.2) is 12.6 Å². The smallest absolute Gasteiger partial charge is 0.0163 e. The normalized spacial score (nSPS) is 14.0. The minimum atomic E-state index is 0.182. The van der Waals surface area contributed by atoms with Gasteiger partial charge in [-0.05, 0) is 51.4 Å². The van der Waals surface area contributed by atoms with Crippen LogP contribution in [0.4, 0.5) is 0 Å². The SMILES string of the molecule is CCCCC/C=C\C/C=C\C/C=C\C/C=C\CCCCC(N)CN. The van der Waals surface area contributed by atoms with Gasteiger partial charge in [0, 0.05) is 12.6 Å². The molecule has 0 bridgehead atoms. The van der Waals surface area contributed by atoms with Gasteiger partial charge in [0.05, 0.1) is 0 Å². The predicted octanol–water partition coefficient (Wildman–Crippen LogP) is 5.81. The fourth-order valence-corrected chi connectivity index (χ4v) is 2.35. The van der Waals surface area contributed by atoms with Crippen LogP contribution >= 0.6 is 0 Å². The molecule has 0 aliphatic carbocycles. The lowest BCUT2D eigenvalue weighted by Gasteiger charge is -2.06. The number of nitrogens with two attached hydrogens (primary N) is 2. The predicted molar refractivity (Wildman–Crippen MR) is 110 cm³/mol. The van der Waals surface area contributed by atoms with Crippen molar-refractivity contribution in [3.63, 3.8) is 0 Å². The van der Waals surface area contributed by atoms with Crippen LogP contribution in [0.2, 0.25) is 0 Å². The molecule has 2 heteroatoms. The lowest BCUT2D eigenvalue weighted by Crippen LogP contribution is -2.29. The van der Waals surface area contributed by atoms with E-state index in [-0.39, 0.29) is 6.04 Å². The van der Waals surface area contributed by atoms with Gasteiger partial charge >= 0.3 is 0 Å². The van der Waals surface area contributed by atoms with Crippen LogP contribution in [0, 0.1) is 0 Å². The molecule has 0 aromatic rings. The van der Waals surface area contributed by atoms with Crippen LogP contribution in [0.15, 0.2) is 48.6 Å². The molecule has 4 N–H and O–H groups in total. The van der Waals surface area contributed by atoms with Crippen LogP contribution < -0.4 is 11.5 Å². The van der Waals surface area contributed by atoms with Gasteiger partial charge in [0.2, 0.25) is 0 Å². The first-order chi connectivity index (χ1) is 11.8. The zero-order chi connectivity index (χ0) is 17.7. The topological polar surface area (TPSA) is 52.0 Å². The van der Waals surface area contributed by atoms with Crippen LogP contribution in [0.25, 0.3) is 0 Å². The Hall–Kier alpha value is -1.12. The molecule has 0 heterocycles. The van der Waals surface area contributed by atoms with Gasteiger partial charge < -0.3 is 11.5 Å². The zero-order valence-electron chi connectivity index (χ0n) is 15.8. The van der Waals surface area contributed by atoms with E-state index in [9.17, 15) is 0 Å². The number of hydrogen-bond acceptors (Lipinski definition) is 2. The molecule has 0 saturated heterocycles. The quantitative estimate of drug-likeness (QED) is 0.277. The Labute approximate surface area is 150 Å². The molecule has 1 atom stereocenters. The maximum Gasteiger partial charge on any atom is 0.0163 e. The largest absolute Gasteiger partial charge is 0.329 e. The number of rotatable bonds is 16. The summed E-state index contributed by atoms with van der Waals surface area (Å²) in [6, 6.07) is 0.182. The van der Waals surface area contributed by atoms with E-state index < -0.39 is 0 Å². The Morgan fingerprint density at radius 3 is 1.58 bits per heavy atom. The number of hydrogen-bond donors (Lipinski definition) is 2. The molecule has 0 aromatic heterocycles. The van der Waals surface area contributed by atoms with E-state index in [0.29, 0.717) is 6.54 Å². The maximum atomic E-state index is 5.78. The molecule has 0 fully saturated rings. The van der Waals surface area contributed by atoms with E-state index in [0.717, 1.165) is 32.1 Å². The lowest BCUT2D eigenvalue weighted by atomic mass is 10.1. The van der Waals surface area contributed by atoms with E-state index in [2.05, 4.69) is 55.5 Å². The molecule has 24 heavy (non-hydrogen) atoms. The lowest BCUT2D eigenvalue weighted by molar-refractivity contribution is 0.573. The zero-order valence-corrected chi connectivity index (χ0v) is 15.8. The Bertz CT molecular complexity index is 353. The molecule has 0 amide bonds. The average Bonchev–Trinajstić information content (AvgIpc) is 2.60. The van der Waals surface area contributed by atoms with Gasteiger partial charge in [-0.1, -0.05) is 74.8 Å². The van der Waals surface area contributed by atoms with E-state index in [4.69, 9.17) is 11.5 Å². The second-order valence-corrected chi connectivity index (χ2v) is 6.37. The highest BCUT2D eigenvalue weighted by Gasteiger charge is 1.96. The average molecular weight is 333 g/mol.